The number of aromatic nitrogens is 1. The number of amides is 1. The standard InChI is InChI=1S/C11H15N3O/c12-11(15)9-4-3-7-14(8-9)10-5-1-2-6-13-10/h1-2,5-6,9H,3-4,7-8H2,(H2,12,15)/t9-/m1/s1. The normalized spacial score (nSPS) is 21.3. The number of carbonyl (C=O) groups excluding carboxylic acids is 1. The Morgan fingerprint density at radius 3 is 3.07 bits per heavy atom. The zero-order chi connectivity index (χ0) is 10.7. The van der Waals surface area contributed by atoms with E-state index in [0.29, 0.717) is 6.54 Å². The molecule has 0 radical (unpaired) electrons. The van der Waals surface area contributed by atoms with Gasteiger partial charge in [0, 0.05) is 19.3 Å². The van der Waals surface area contributed by atoms with Crippen LogP contribution in [0.1, 0.15) is 12.8 Å². The second-order valence-electron chi connectivity index (χ2n) is 3.88. The highest BCUT2D eigenvalue weighted by Gasteiger charge is 2.24. The Bertz CT molecular complexity index is 339. The molecule has 4 nitrogen and oxygen atoms in total. The van der Waals surface area contributed by atoms with Crippen molar-refractivity contribution in [3.63, 3.8) is 0 Å². The van der Waals surface area contributed by atoms with Gasteiger partial charge < -0.3 is 10.6 Å². The number of rotatable bonds is 2. The van der Waals surface area contributed by atoms with Gasteiger partial charge in [0.25, 0.3) is 0 Å². The molecule has 0 aromatic carbocycles. The Hall–Kier alpha value is -1.58. The molecule has 1 aliphatic rings. The molecule has 2 N–H and O–H groups in total. The molecule has 0 saturated carbocycles. The summed E-state index contributed by atoms with van der Waals surface area (Å²) in [5, 5.41) is 0. The highest BCUT2D eigenvalue weighted by atomic mass is 16.1. The fourth-order valence-corrected chi connectivity index (χ4v) is 1.96. The minimum Gasteiger partial charge on any atom is -0.369 e. The van der Waals surface area contributed by atoms with Crippen LogP contribution in [0.25, 0.3) is 0 Å². The summed E-state index contributed by atoms with van der Waals surface area (Å²) in [7, 11) is 0. The number of piperidine rings is 1. The maximum absolute atomic E-state index is 11.1. The first-order valence-electron chi connectivity index (χ1n) is 5.22. The van der Waals surface area contributed by atoms with E-state index in [0.717, 1.165) is 25.2 Å². The predicted molar refractivity (Wildman–Crippen MR) is 58.4 cm³/mol. The van der Waals surface area contributed by atoms with E-state index in [2.05, 4.69) is 9.88 Å². The molecule has 0 aliphatic carbocycles. The molecular formula is C11H15N3O. The van der Waals surface area contributed by atoms with Crippen LogP contribution < -0.4 is 10.6 Å². The van der Waals surface area contributed by atoms with Crippen LogP contribution in [-0.2, 0) is 4.79 Å². The molecule has 0 spiro atoms. The summed E-state index contributed by atoms with van der Waals surface area (Å²) < 4.78 is 0. The fraction of sp³-hybridized carbons (Fsp3) is 0.455. The molecule has 2 heterocycles. The van der Waals surface area contributed by atoms with Gasteiger partial charge in [0.1, 0.15) is 5.82 Å². The number of pyridine rings is 1. The molecule has 1 amide bonds. The van der Waals surface area contributed by atoms with Crippen molar-refractivity contribution in [2.75, 3.05) is 18.0 Å². The molecule has 80 valence electrons. The zero-order valence-electron chi connectivity index (χ0n) is 8.60. The van der Waals surface area contributed by atoms with E-state index in [9.17, 15) is 4.79 Å². The van der Waals surface area contributed by atoms with Crippen molar-refractivity contribution in [3.05, 3.63) is 24.4 Å². The van der Waals surface area contributed by atoms with Gasteiger partial charge in [-0.1, -0.05) is 6.07 Å². The van der Waals surface area contributed by atoms with Crippen LogP contribution in [0.5, 0.6) is 0 Å². The highest BCUT2D eigenvalue weighted by molar-refractivity contribution is 5.77. The summed E-state index contributed by atoms with van der Waals surface area (Å²) in [4.78, 5) is 17.5. The first kappa shape index (κ1) is 9.96. The maximum Gasteiger partial charge on any atom is 0.222 e. The summed E-state index contributed by atoms with van der Waals surface area (Å²) in [6.45, 7) is 1.66. The lowest BCUT2D eigenvalue weighted by Gasteiger charge is -2.31. The Morgan fingerprint density at radius 1 is 1.53 bits per heavy atom. The molecule has 1 atom stereocenters. The lowest BCUT2D eigenvalue weighted by atomic mass is 9.97. The number of primary amides is 1. The summed E-state index contributed by atoms with van der Waals surface area (Å²) >= 11 is 0. The van der Waals surface area contributed by atoms with Crippen LogP contribution in [-0.4, -0.2) is 24.0 Å². The van der Waals surface area contributed by atoms with Gasteiger partial charge in [0.15, 0.2) is 0 Å². The van der Waals surface area contributed by atoms with Crippen molar-refractivity contribution in [1.82, 2.24) is 4.98 Å². The maximum atomic E-state index is 11.1. The quantitative estimate of drug-likeness (QED) is 0.776. The Kier molecular flexibility index (Phi) is 2.85. The zero-order valence-corrected chi connectivity index (χ0v) is 8.60. The summed E-state index contributed by atoms with van der Waals surface area (Å²) in [5.74, 6) is 0.708. The van der Waals surface area contributed by atoms with E-state index in [1.807, 2.05) is 18.2 Å². The lowest BCUT2D eigenvalue weighted by Crippen LogP contribution is -2.41. The third-order valence-corrected chi connectivity index (χ3v) is 2.80. The van der Waals surface area contributed by atoms with Crippen LogP contribution in [0.15, 0.2) is 24.4 Å². The first-order valence-corrected chi connectivity index (χ1v) is 5.22. The van der Waals surface area contributed by atoms with Gasteiger partial charge in [-0.2, -0.15) is 0 Å². The highest BCUT2D eigenvalue weighted by Crippen LogP contribution is 2.20. The molecule has 1 fully saturated rings. The largest absolute Gasteiger partial charge is 0.369 e. The fourth-order valence-electron chi connectivity index (χ4n) is 1.96. The molecule has 1 saturated heterocycles. The second kappa shape index (κ2) is 4.29. The van der Waals surface area contributed by atoms with Crippen molar-refractivity contribution < 1.29 is 4.79 Å². The van der Waals surface area contributed by atoms with Crippen molar-refractivity contribution in [2.45, 2.75) is 12.8 Å². The molecule has 2 rings (SSSR count). The number of nitrogens with two attached hydrogens (primary N) is 1. The topological polar surface area (TPSA) is 59.2 Å². The van der Waals surface area contributed by atoms with E-state index in [1.165, 1.54) is 0 Å². The molecule has 1 aromatic heterocycles. The van der Waals surface area contributed by atoms with Crippen LogP contribution in [0.2, 0.25) is 0 Å². The Morgan fingerprint density at radius 2 is 2.40 bits per heavy atom. The molecule has 0 unspecified atom stereocenters. The van der Waals surface area contributed by atoms with Crippen LogP contribution >= 0.6 is 0 Å². The van der Waals surface area contributed by atoms with Gasteiger partial charge in [0.05, 0.1) is 5.92 Å². The smallest absolute Gasteiger partial charge is 0.222 e. The number of hydrogen-bond donors (Lipinski definition) is 1. The minimum atomic E-state index is -0.198. The van der Waals surface area contributed by atoms with Gasteiger partial charge in [-0.15, -0.1) is 0 Å². The van der Waals surface area contributed by atoms with E-state index in [-0.39, 0.29) is 11.8 Å². The third kappa shape index (κ3) is 2.26. The van der Waals surface area contributed by atoms with Crippen LogP contribution in [0.4, 0.5) is 5.82 Å². The first-order chi connectivity index (χ1) is 7.27. The van der Waals surface area contributed by atoms with E-state index >= 15 is 0 Å². The van der Waals surface area contributed by atoms with Gasteiger partial charge >= 0.3 is 0 Å². The van der Waals surface area contributed by atoms with Gasteiger partial charge in [-0.3, -0.25) is 4.79 Å². The summed E-state index contributed by atoms with van der Waals surface area (Å²) in [6.07, 6.45) is 3.67. The van der Waals surface area contributed by atoms with Gasteiger partial charge in [-0.25, -0.2) is 4.98 Å². The van der Waals surface area contributed by atoms with E-state index in [1.54, 1.807) is 6.20 Å². The molecule has 1 aromatic rings. The Labute approximate surface area is 89.1 Å². The molecule has 0 bridgehead atoms. The van der Waals surface area contributed by atoms with E-state index < -0.39 is 0 Å². The lowest BCUT2D eigenvalue weighted by molar-refractivity contribution is -0.122. The summed E-state index contributed by atoms with van der Waals surface area (Å²) in [5.41, 5.74) is 5.32. The number of nitrogens with zero attached hydrogens (tertiary/aromatic N) is 2. The van der Waals surface area contributed by atoms with Crippen molar-refractivity contribution in [1.29, 1.82) is 0 Å². The number of carbonyl (C=O) groups is 1. The van der Waals surface area contributed by atoms with Crippen molar-refractivity contribution >= 4 is 11.7 Å². The number of anilines is 1. The number of hydrogen-bond acceptors (Lipinski definition) is 3. The van der Waals surface area contributed by atoms with Gasteiger partial charge in [-0.05, 0) is 25.0 Å². The summed E-state index contributed by atoms with van der Waals surface area (Å²) in [6, 6.07) is 5.80. The monoisotopic (exact) mass is 205 g/mol. The SMILES string of the molecule is NC(=O)[C@@H]1CCCN(c2ccccn2)C1. The predicted octanol–water partition coefficient (Wildman–Crippen LogP) is 0.783. The van der Waals surface area contributed by atoms with Crippen molar-refractivity contribution in [2.24, 2.45) is 11.7 Å². The Balaban J connectivity index is 2.08. The van der Waals surface area contributed by atoms with Gasteiger partial charge in [0.2, 0.25) is 5.91 Å². The van der Waals surface area contributed by atoms with Crippen LogP contribution in [0.3, 0.4) is 0 Å². The molecule has 1 aliphatic heterocycles. The second-order valence-corrected chi connectivity index (χ2v) is 3.88. The average molecular weight is 205 g/mol. The average Bonchev–Trinajstić information content (AvgIpc) is 2.30. The molecular weight excluding hydrogens is 190 g/mol. The minimum absolute atomic E-state index is 0.0271. The third-order valence-electron chi connectivity index (χ3n) is 2.80. The molecule has 4 heteroatoms. The molecule has 15 heavy (non-hydrogen) atoms. The van der Waals surface area contributed by atoms with E-state index in [4.69, 9.17) is 5.73 Å². The van der Waals surface area contributed by atoms with Crippen LogP contribution in [0, 0.1) is 5.92 Å². The van der Waals surface area contributed by atoms with Crippen molar-refractivity contribution in [3.8, 4) is 0 Å².